The van der Waals surface area contributed by atoms with Crippen molar-refractivity contribution < 1.29 is 19.6 Å². The summed E-state index contributed by atoms with van der Waals surface area (Å²) in [6.07, 6.45) is -1.18. The number of methoxy groups -OCH3 is 1. The molecule has 0 unspecified atom stereocenters. The second-order valence-corrected chi connectivity index (χ2v) is 4.03. The number of amides is 1. The van der Waals surface area contributed by atoms with Gasteiger partial charge in [-0.05, 0) is 17.5 Å². The third-order valence-corrected chi connectivity index (χ3v) is 2.97. The lowest BCUT2D eigenvalue weighted by molar-refractivity contribution is -0.385. The van der Waals surface area contributed by atoms with Gasteiger partial charge in [-0.2, -0.15) is 0 Å². The SMILES string of the molecule is COC(=O)N[C@H]1Cc2ccc([N+](=O)[O-])cc2[C@@H]1O. The first-order chi connectivity index (χ1) is 8.52. The highest BCUT2D eigenvalue weighted by molar-refractivity contribution is 5.68. The summed E-state index contributed by atoms with van der Waals surface area (Å²) in [5, 5.41) is 23.1. The molecule has 2 atom stereocenters. The van der Waals surface area contributed by atoms with Crippen LogP contribution in [0.3, 0.4) is 0 Å². The molecule has 7 nitrogen and oxygen atoms in total. The lowest BCUT2D eigenvalue weighted by Crippen LogP contribution is -2.37. The van der Waals surface area contributed by atoms with Crippen LogP contribution in [0.2, 0.25) is 0 Å². The van der Waals surface area contributed by atoms with Crippen LogP contribution in [-0.4, -0.2) is 29.3 Å². The van der Waals surface area contributed by atoms with Crippen LogP contribution in [0.1, 0.15) is 17.2 Å². The number of aliphatic hydroxyl groups excluding tert-OH is 1. The Kier molecular flexibility index (Phi) is 3.15. The highest BCUT2D eigenvalue weighted by atomic mass is 16.6. The molecule has 0 aromatic heterocycles. The predicted octanol–water partition coefficient (Wildman–Crippen LogP) is 0.909. The van der Waals surface area contributed by atoms with Gasteiger partial charge >= 0.3 is 6.09 Å². The average molecular weight is 252 g/mol. The van der Waals surface area contributed by atoms with E-state index in [1.807, 2.05) is 0 Å². The Hall–Kier alpha value is -2.15. The van der Waals surface area contributed by atoms with Gasteiger partial charge in [0.25, 0.3) is 5.69 Å². The second-order valence-electron chi connectivity index (χ2n) is 4.03. The van der Waals surface area contributed by atoms with Crippen LogP contribution < -0.4 is 5.32 Å². The number of benzene rings is 1. The van der Waals surface area contributed by atoms with Crippen molar-refractivity contribution in [2.45, 2.75) is 18.6 Å². The van der Waals surface area contributed by atoms with Gasteiger partial charge in [0, 0.05) is 12.1 Å². The Morgan fingerprint density at radius 3 is 2.94 bits per heavy atom. The summed E-state index contributed by atoms with van der Waals surface area (Å²) < 4.78 is 4.45. The van der Waals surface area contributed by atoms with Gasteiger partial charge in [0.1, 0.15) is 6.10 Å². The maximum atomic E-state index is 11.1. The van der Waals surface area contributed by atoms with Crippen molar-refractivity contribution in [2.24, 2.45) is 0 Å². The van der Waals surface area contributed by atoms with E-state index in [9.17, 15) is 20.0 Å². The molecule has 0 spiro atoms. The lowest BCUT2D eigenvalue weighted by Gasteiger charge is -2.15. The number of rotatable bonds is 2. The molecule has 0 aliphatic heterocycles. The number of non-ortho nitro benzene ring substituents is 1. The van der Waals surface area contributed by atoms with Crippen molar-refractivity contribution in [1.82, 2.24) is 5.32 Å². The quantitative estimate of drug-likeness (QED) is 0.601. The second kappa shape index (κ2) is 4.61. The highest BCUT2D eigenvalue weighted by Gasteiger charge is 2.33. The van der Waals surface area contributed by atoms with Crippen molar-refractivity contribution in [3.8, 4) is 0 Å². The largest absolute Gasteiger partial charge is 0.453 e. The van der Waals surface area contributed by atoms with Gasteiger partial charge in [-0.3, -0.25) is 10.1 Å². The first kappa shape index (κ1) is 12.3. The van der Waals surface area contributed by atoms with Gasteiger partial charge in [0.05, 0.1) is 18.1 Å². The fraction of sp³-hybridized carbons (Fsp3) is 0.364. The van der Waals surface area contributed by atoms with Gasteiger partial charge in [-0.1, -0.05) is 6.07 Å². The number of alkyl carbamates (subject to hydrolysis) is 1. The number of nitrogens with one attached hydrogen (secondary N) is 1. The third-order valence-electron chi connectivity index (χ3n) is 2.97. The zero-order valence-electron chi connectivity index (χ0n) is 9.62. The van der Waals surface area contributed by atoms with Crippen molar-refractivity contribution in [3.05, 3.63) is 39.4 Å². The maximum absolute atomic E-state index is 11.1. The number of nitrogens with zero attached hydrogens (tertiary/aromatic N) is 1. The zero-order valence-corrected chi connectivity index (χ0v) is 9.62. The minimum Gasteiger partial charge on any atom is -0.453 e. The van der Waals surface area contributed by atoms with E-state index in [0.717, 1.165) is 5.56 Å². The molecule has 0 saturated carbocycles. The molecular formula is C11H12N2O5. The minimum atomic E-state index is -0.959. The molecule has 0 fully saturated rings. The Morgan fingerprint density at radius 2 is 2.33 bits per heavy atom. The number of aliphatic hydroxyl groups is 1. The van der Waals surface area contributed by atoms with Gasteiger partial charge in [0.2, 0.25) is 0 Å². The fourth-order valence-electron chi connectivity index (χ4n) is 2.06. The van der Waals surface area contributed by atoms with Crippen molar-refractivity contribution in [3.63, 3.8) is 0 Å². The molecule has 7 heteroatoms. The van der Waals surface area contributed by atoms with Crippen LogP contribution in [0.4, 0.5) is 10.5 Å². The molecule has 2 rings (SSSR count). The highest BCUT2D eigenvalue weighted by Crippen LogP contribution is 2.33. The molecule has 0 radical (unpaired) electrons. The van der Waals surface area contributed by atoms with Gasteiger partial charge in [-0.15, -0.1) is 0 Å². The van der Waals surface area contributed by atoms with E-state index >= 15 is 0 Å². The molecule has 1 amide bonds. The number of nitro groups is 1. The molecule has 1 aromatic rings. The van der Waals surface area contributed by atoms with Gasteiger partial charge < -0.3 is 15.2 Å². The number of carbonyl (C=O) groups is 1. The first-order valence-electron chi connectivity index (χ1n) is 5.32. The number of hydrogen-bond donors (Lipinski definition) is 2. The number of carbonyl (C=O) groups excluding carboxylic acids is 1. The van der Waals surface area contributed by atoms with Crippen molar-refractivity contribution >= 4 is 11.8 Å². The van der Waals surface area contributed by atoms with Crippen LogP contribution in [0, 0.1) is 10.1 Å². The van der Waals surface area contributed by atoms with E-state index in [-0.39, 0.29) is 5.69 Å². The van der Waals surface area contributed by atoms with Crippen LogP contribution in [-0.2, 0) is 11.2 Å². The summed E-state index contributed by atoms with van der Waals surface area (Å²) in [6.45, 7) is 0. The van der Waals surface area contributed by atoms with Crippen LogP contribution in [0.5, 0.6) is 0 Å². The van der Waals surface area contributed by atoms with E-state index in [1.165, 1.54) is 19.2 Å². The van der Waals surface area contributed by atoms with E-state index in [4.69, 9.17) is 0 Å². The zero-order chi connectivity index (χ0) is 13.3. The van der Waals surface area contributed by atoms with Crippen LogP contribution >= 0.6 is 0 Å². The van der Waals surface area contributed by atoms with Crippen molar-refractivity contribution in [1.29, 1.82) is 0 Å². The van der Waals surface area contributed by atoms with E-state index in [0.29, 0.717) is 12.0 Å². The van der Waals surface area contributed by atoms with E-state index in [2.05, 4.69) is 10.1 Å². The Morgan fingerprint density at radius 1 is 1.61 bits per heavy atom. The lowest BCUT2D eigenvalue weighted by atomic mass is 10.1. The van der Waals surface area contributed by atoms with E-state index in [1.54, 1.807) is 6.07 Å². The summed E-state index contributed by atoms with van der Waals surface area (Å²) in [4.78, 5) is 21.2. The topological polar surface area (TPSA) is 102 Å². The van der Waals surface area contributed by atoms with E-state index < -0.39 is 23.2 Å². The van der Waals surface area contributed by atoms with Crippen molar-refractivity contribution in [2.75, 3.05) is 7.11 Å². The Labute approximate surface area is 103 Å². The summed E-state index contributed by atoms with van der Waals surface area (Å²) >= 11 is 0. The van der Waals surface area contributed by atoms with Crippen LogP contribution in [0.15, 0.2) is 18.2 Å². The predicted molar refractivity (Wildman–Crippen MR) is 61.1 cm³/mol. The normalized spacial score (nSPS) is 21.2. The average Bonchev–Trinajstić information content (AvgIpc) is 2.66. The molecule has 1 aliphatic carbocycles. The third kappa shape index (κ3) is 2.12. The number of hydrogen-bond acceptors (Lipinski definition) is 5. The molecule has 18 heavy (non-hydrogen) atoms. The summed E-state index contributed by atoms with van der Waals surface area (Å²) in [7, 11) is 1.23. The molecular weight excluding hydrogens is 240 g/mol. The molecule has 1 aliphatic rings. The monoisotopic (exact) mass is 252 g/mol. The fourth-order valence-corrected chi connectivity index (χ4v) is 2.06. The number of nitro benzene ring substituents is 1. The first-order valence-corrected chi connectivity index (χ1v) is 5.32. The Bertz CT molecular complexity index is 502. The standard InChI is InChI=1S/C11H12N2O5/c1-18-11(15)12-9-4-6-2-3-7(13(16)17)5-8(6)10(9)14/h2-3,5,9-10,14H,4H2,1H3,(H,12,15)/t9-,10-/m0/s1. The summed E-state index contributed by atoms with van der Waals surface area (Å²) in [6, 6.07) is 3.79. The minimum absolute atomic E-state index is 0.0773. The molecule has 0 saturated heterocycles. The molecule has 0 heterocycles. The molecule has 96 valence electrons. The van der Waals surface area contributed by atoms with Gasteiger partial charge in [-0.25, -0.2) is 4.79 Å². The summed E-state index contributed by atoms with van der Waals surface area (Å²) in [5.74, 6) is 0. The number of fused-ring (bicyclic) bond motifs is 1. The molecule has 2 N–H and O–H groups in total. The number of ether oxygens (including phenoxy) is 1. The smallest absolute Gasteiger partial charge is 0.407 e. The van der Waals surface area contributed by atoms with Gasteiger partial charge in [0.15, 0.2) is 0 Å². The molecule has 1 aromatic carbocycles. The Balaban J connectivity index is 2.22. The molecule has 0 bridgehead atoms. The van der Waals surface area contributed by atoms with Crippen LogP contribution in [0.25, 0.3) is 0 Å². The summed E-state index contributed by atoms with van der Waals surface area (Å²) in [5.41, 5.74) is 1.19. The maximum Gasteiger partial charge on any atom is 0.407 e.